The SMILES string of the molecule is O=C(c1ccccc1)N1CCC(CNCc2ccn3nccc3c2)CC1. The molecule has 0 spiro atoms. The molecule has 26 heavy (non-hydrogen) atoms. The van der Waals surface area contributed by atoms with E-state index < -0.39 is 0 Å². The van der Waals surface area contributed by atoms with Crippen molar-refractivity contribution in [2.75, 3.05) is 19.6 Å². The van der Waals surface area contributed by atoms with Gasteiger partial charge in [-0.1, -0.05) is 18.2 Å². The normalized spacial score (nSPS) is 15.5. The summed E-state index contributed by atoms with van der Waals surface area (Å²) < 4.78 is 1.88. The summed E-state index contributed by atoms with van der Waals surface area (Å²) in [6.07, 6.45) is 5.94. The molecule has 3 aromatic rings. The van der Waals surface area contributed by atoms with E-state index in [9.17, 15) is 4.79 Å². The number of hydrogen-bond donors (Lipinski definition) is 1. The van der Waals surface area contributed by atoms with Crippen LogP contribution in [0.2, 0.25) is 0 Å². The van der Waals surface area contributed by atoms with Crippen molar-refractivity contribution in [2.24, 2.45) is 5.92 Å². The number of carbonyl (C=O) groups is 1. The lowest BCUT2D eigenvalue weighted by molar-refractivity contribution is 0.0690. The number of carbonyl (C=O) groups excluding carboxylic acids is 1. The van der Waals surface area contributed by atoms with Crippen LogP contribution in [0.4, 0.5) is 0 Å². The van der Waals surface area contributed by atoms with Crippen molar-refractivity contribution in [1.29, 1.82) is 0 Å². The number of hydrogen-bond acceptors (Lipinski definition) is 3. The maximum absolute atomic E-state index is 12.5. The minimum absolute atomic E-state index is 0.158. The van der Waals surface area contributed by atoms with E-state index in [1.807, 2.05) is 58.2 Å². The molecular formula is C21H24N4O. The van der Waals surface area contributed by atoms with Gasteiger partial charge in [0.1, 0.15) is 0 Å². The van der Waals surface area contributed by atoms with Gasteiger partial charge in [-0.15, -0.1) is 0 Å². The van der Waals surface area contributed by atoms with E-state index in [4.69, 9.17) is 0 Å². The van der Waals surface area contributed by atoms with Crippen LogP contribution >= 0.6 is 0 Å². The van der Waals surface area contributed by atoms with E-state index in [0.29, 0.717) is 5.92 Å². The molecule has 4 rings (SSSR count). The van der Waals surface area contributed by atoms with E-state index in [1.165, 1.54) is 5.56 Å². The average molecular weight is 348 g/mol. The lowest BCUT2D eigenvalue weighted by Crippen LogP contribution is -2.40. The second-order valence-corrected chi connectivity index (χ2v) is 6.97. The number of aromatic nitrogens is 2. The van der Waals surface area contributed by atoms with Crippen LogP contribution < -0.4 is 5.32 Å². The molecule has 2 aromatic heterocycles. The summed E-state index contributed by atoms with van der Waals surface area (Å²) in [5, 5.41) is 7.79. The Morgan fingerprint density at radius 1 is 1.12 bits per heavy atom. The molecule has 0 radical (unpaired) electrons. The van der Waals surface area contributed by atoms with E-state index in [1.54, 1.807) is 0 Å². The highest BCUT2D eigenvalue weighted by Gasteiger charge is 2.23. The van der Waals surface area contributed by atoms with Gasteiger partial charge in [-0.05, 0) is 61.2 Å². The fraction of sp³-hybridized carbons (Fsp3) is 0.333. The third-order valence-electron chi connectivity index (χ3n) is 5.15. The lowest BCUT2D eigenvalue weighted by Gasteiger charge is -2.32. The van der Waals surface area contributed by atoms with Crippen LogP contribution in [-0.4, -0.2) is 40.1 Å². The predicted octanol–water partition coefficient (Wildman–Crippen LogP) is 2.98. The first kappa shape index (κ1) is 16.8. The Bertz CT molecular complexity index is 866. The van der Waals surface area contributed by atoms with Crippen LogP contribution in [0.3, 0.4) is 0 Å². The van der Waals surface area contributed by atoms with Crippen molar-refractivity contribution < 1.29 is 4.79 Å². The summed E-state index contributed by atoms with van der Waals surface area (Å²) in [6.45, 7) is 3.56. The van der Waals surface area contributed by atoms with Crippen molar-refractivity contribution in [3.8, 4) is 0 Å². The number of rotatable bonds is 5. The minimum Gasteiger partial charge on any atom is -0.339 e. The third-order valence-corrected chi connectivity index (χ3v) is 5.15. The third kappa shape index (κ3) is 3.78. The average Bonchev–Trinajstić information content (AvgIpc) is 3.16. The number of nitrogens with zero attached hydrogens (tertiary/aromatic N) is 3. The number of piperidine rings is 1. The van der Waals surface area contributed by atoms with Gasteiger partial charge in [0.25, 0.3) is 5.91 Å². The van der Waals surface area contributed by atoms with Crippen molar-refractivity contribution in [3.63, 3.8) is 0 Å². The van der Waals surface area contributed by atoms with Gasteiger partial charge < -0.3 is 10.2 Å². The van der Waals surface area contributed by atoms with Gasteiger partial charge >= 0.3 is 0 Å². The summed E-state index contributed by atoms with van der Waals surface area (Å²) in [4.78, 5) is 14.5. The number of nitrogens with one attached hydrogen (secondary N) is 1. The Labute approximate surface area is 153 Å². The van der Waals surface area contributed by atoms with E-state index in [0.717, 1.165) is 50.1 Å². The summed E-state index contributed by atoms with van der Waals surface area (Å²) in [7, 11) is 0. The van der Waals surface area contributed by atoms with Gasteiger partial charge in [-0.2, -0.15) is 5.10 Å². The smallest absolute Gasteiger partial charge is 0.253 e. The van der Waals surface area contributed by atoms with Crippen LogP contribution in [0, 0.1) is 5.92 Å². The molecule has 1 aliphatic rings. The standard InChI is InChI=1S/C21H24N4O/c26-21(19-4-2-1-3-5-19)24-11-7-17(8-12-24)15-22-16-18-9-13-25-20(14-18)6-10-23-25/h1-6,9-10,13-14,17,22H,7-8,11-12,15-16H2. The Morgan fingerprint density at radius 3 is 2.73 bits per heavy atom. The molecule has 0 atom stereocenters. The van der Waals surface area contributed by atoms with Crippen LogP contribution in [-0.2, 0) is 6.54 Å². The first-order valence-corrected chi connectivity index (χ1v) is 9.27. The van der Waals surface area contributed by atoms with Gasteiger partial charge in [-0.3, -0.25) is 4.79 Å². The fourth-order valence-electron chi connectivity index (χ4n) is 3.60. The molecule has 0 unspecified atom stereocenters. The Morgan fingerprint density at radius 2 is 1.92 bits per heavy atom. The van der Waals surface area contributed by atoms with Gasteiger partial charge in [0.05, 0.1) is 5.52 Å². The molecule has 1 aromatic carbocycles. The van der Waals surface area contributed by atoms with Crippen molar-refractivity contribution in [1.82, 2.24) is 19.8 Å². The molecule has 0 bridgehead atoms. The van der Waals surface area contributed by atoms with E-state index in [2.05, 4.69) is 22.5 Å². The molecule has 1 aliphatic heterocycles. The van der Waals surface area contributed by atoms with Crippen LogP contribution in [0.5, 0.6) is 0 Å². The van der Waals surface area contributed by atoms with Crippen molar-refractivity contribution in [2.45, 2.75) is 19.4 Å². The van der Waals surface area contributed by atoms with Crippen molar-refractivity contribution >= 4 is 11.4 Å². The molecule has 134 valence electrons. The second kappa shape index (κ2) is 7.70. The van der Waals surface area contributed by atoms with Gasteiger partial charge in [0.15, 0.2) is 0 Å². The molecule has 3 heterocycles. The second-order valence-electron chi connectivity index (χ2n) is 6.97. The van der Waals surface area contributed by atoms with Gasteiger partial charge in [0, 0.05) is 37.6 Å². The monoisotopic (exact) mass is 348 g/mol. The number of benzene rings is 1. The number of likely N-dealkylation sites (tertiary alicyclic amines) is 1. The predicted molar refractivity (Wildman–Crippen MR) is 102 cm³/mol. The Balaban J connectivity index is 1.23. The highest BCUT2D eigenvalue weighted by molar-refractivity contribution is 5.94. The summed E-state index contributed by atoms with van der Waals surface area (Å²) >= 11 is 0. The first-order chi connectivity index (χ1) is 12.8. The number of amides is 1. The highest BCUT2D eigenvalue weighted by atomic mass is 16.2. The largest absolute Gasteiger partial charge is 0.339 e. The topological polar surface area (TPSA) is 49.6 Å². The molecule has 1 fully saturated rings. The molecule has 0 saturated carbocycles. The quantitative estimate of drug-likeness (QED) is 0.771. The summed E-state index contributed by atoms with van der Waals surface area (Å²) in [5.41, 5.74) is 3.19. The molecule has 1 N–H and O–H groups in total. The highest BCUT2D eigenvalue weighted by Crippen LogP contribution is 2.18. The number of pyridine rings is 1. The molecule has 1 saturated heterocycles. The zero-order valence-electron chi connectivity index (χ0n) is 14.8. The van der Waals surface area contributed by atoms with Gasteiger partial charge in [0.2, 0.25) is 0 Å². The van der Waals surface area contributed by atoms with Crippen molar-refractivity contribution in [3.05, 3.63) is 72.1 Å². The van der Waals surface area contributed by atoms with Crippen LogP contribution in [0.25, 0.3) is 5.52 Å². The molecule has 1 amide bonds. The maximum Gasteiger partial charge on any atom is 0.253 e. The molecule has 5 nitrogen and oxygen atoms in total. The van der Waals surface area contributed by atoms with E-state index in [-0.39, 0.29) is 5.91 Å². The molecular weight excluding hydrogens is 324 g/mol. The Kier molecular flexibility index (Phi) is 4.97. The van der Waals surface area contributed by atoms with E-state index >= 15 is 0 Å². The summed E-state index contributed by atoms with van der Waals surface area (Å²) in [5.74, 6) is 0.791. The van der Waals surface area contributed by atoms with Crippen LogP contribution in [0.1, 0.15) is 28.8 Å². The zero-order chi connectivity index (χ0) is 17.8. The maximum atomic E-state index is 12.5. The fourth-order valence-corrected chi connectivity index (χ4v) is 3.60. The number of fused-ring (bicyclic) bond motifs is 1. The van der Waals surface area contributed by atoms with Crippen LogP contribution in [0.15, 0.2) is 60.9 Å². The molecule has 5 heteroatoms. The lowest BCUT2D eigenvalue weighted by atomic mass is 9.96. The Hall–Kier alpha value is -2.66. The first-order valence-electron chi connectivity index (χ1n) is 9.27. The summed E-state index contributed by atoms with van der Waals surface area (Å²) in [6, 6.07) is 15.9. The zero-order valence-corrected chi connectivity index (χ0v) is 14.8. The minimum atomic E-state index is 0.158. The van der Waals surface area contributed by atoms with Gasteiger partial charge in [-0.25, -0.2) is 4.52 Å². The molecule has 0 aliphatic carbocycles.